The maximum absolute atomic E-state index is 12.7. The fourth-order valence-corrected chi connectivity index (χ4v) is 3.63. The van der Waals surface area contributed by atoms with Gasteiger partial charge in [0.05, 0.1) is 13.0 Å². The molecule has 1 heterocycles. The van der Waals surface area contributed by atoms with Crippen molar-refractivity contribution < 1.29 is 14.3 Å². The third-order valence-corrected chi connectivity index (χ3v) is 4.70. The number of hydrogen-bond acceptors (Lipinski definition) is 4. The van der Waals surface area contributed by atoms with E-state index in [-0.39, 0.29) is 17.9 Å². The van der Waals surface area contributed by atoms with Crippen LogP contribution in [0, 0.1) is 0 Å². The van der Waals surface area contributed by atoms with Gasteiger partial charge < -0.3 is 14.5 Å². The highest BCUT2D eigenvalue weighted by Gasteiger charge is 2.35. The van der Waals surface area contributed by atoms with Crippen LogP contribution in [0.25, 0.3) is 0 Å². The Kier molecular flexibility index (Phi) is 6.10. The molecule has 1 aromatic rings. The zero-order valence-corrected chi connectivity index (χ0v) is 14.5. The van der Waals surface area contributed by atoms with Gasteiger partial charge in [0.2, 0.25) is 11.8 Å². The molecular formula is C17H22N2O3S. The number of likely N-dealkylation sites (N-methyl/N-ethyl adjacent to an activating group) is 1. The summed E-state index contributed by atoms with van der Waals surface area (Å²) in [6.07, 6.45) is 3.21. The Labute approximate surface area is 141 Å². The summed E-state index contributed by atoms with van der Waals surface area (Å²) in [5.74, 6) is 1.84. The van der Waals surface area contributed by atoms with Gasteiger partial charge in [-0.25, -0.2) is 0 Å². The number of rotatable bonds is 5. The molecule has 0 spiro atoms. The molecule has 23 heavy (non-hydrogen) atoms. The fraction of sp³-hybridized carbons (Fsp3) is 0.412. The zero-order valence-electron chi connectivity index (χ0n) is 13.7. The standard InChI is InChI=1S/C17H22N2O3S/c1-4-6-16(20)19-12-23-11-15(19)17(21)18(2)10-13-7-5-8-14(9-13)22-3/h4-9,15H,10-12H2,1-3H3/b6-4-/t15-/m1/s1. The SMILES string of the molecule is C/C=C\C(=O)N1CSC[C@@H]1C(=O)N(C)Cc1cccc(OC)c1. The Morgan fingerprint density at radius 1 is 1.48 bits per heavy atom. The summed E-state index contributed by atoms with van der Waals surface area (Å²) in [4.78, 5) is 28.1. The number of nitrogens with zero attached hydrogens (tertiary/aromatic N) is 2. The number of carbonyl (C=O) groups is 2. The summed E-state index contributed by atoms with van der Waals surface area (Å²) < 4.78 is 5.20. The van der Waals surface area contributed by atoms with E-state index in [1.165, 1.54) is 6.08 Å². The van der Waals surface area contributed by atoms with E-state index in [1.54, 1.807) is 48.7 Å². The van der Waals surface area contributed by atoms with Crippen molar-refractivity contribution in [2.45, 2.75) is 19.5 Å². The lowest BCUT2D eigenvalue weighted by Crippen LogP contribution is -2.47. The maximum Gasteiger partial charge on any atom is 0.247 e. The molecule has 2 amide bonds. The Hall–Kier alpha value is -1.95. The van der Waals surface area contributed by atoms with Crippen molar-refractivity contribution in [2.24, 2.45) is 0 Å². The van der Waals surface area contributed by atoms with Gasteiger partial charge >= 0.3 is 0 Å². The van der Waals surface area contributed by atoms with Crippen LogP contribution in [0.15, 0.2) is 36.4 Å². The monoisotopic (exact) mass is 334 g/mol. The smallest absolute Gasteiger partial charge is 0.247 e. The van der Waals surface area contributed by atoms with E-state index in [1.807, 2.05) is 24.3 Å². The van der Waals surface area contributed by atoms with Crippen LogP contribution in [0.3, 0.4) is 0 Å². The molecule has 1 aliphatic rings. The molecule has 5 nitrogen and oxygen atoms in total. The second kappa shape index (κ2) is 8.06. The Morgan fingerprint density at radius 3 is 2.96 bits per heavy atom. The van der Waals surface area contributed by atoms with Gasteiger partial charge in [-0.3, -0.25) is 9.59 Å². The van der Waals surface area contributed by atoms with Gasteiger partial charge in [0.1, 0.15) is 11.8 Å². The lowest BCUT2D eigenvalue weighted by molar-refractivity contribution is -0.140. The molecule has 1 fully saturated rings. The van der Waals surface area contributed by atoms with Gasteiger partial charge in [-0.05, 0) is 30.7 Å². The van der Waals surface area contributed by atoms with Crippen LogP contribution < -0.4 is 4.74 Å². The van der Waals surface area contributed by atoms with E-state index < -0.39 is 0 Å². The lowest BCUT2D eigenvalue weighted by atomic mass is 10.2. The second-order valence-corrected chi connectivity index (χ2v) is 6.37. The Balaban J connectivity index is 2.04. The molecule has 1 aliphatic heterocycles. The minimum absolute atomic E-state index is 0.0318. The van der Waals surface area contributed by atoms with Crippen LogP contribution in [-0.2, 0) is 16.1 Å². The molecule has 1 saturated heterocycles. The molecule has 0 radical (unpaired) electrons. The molecule has 0 aromatic heterocycles. The van der Waals surface area contributed by atoms with Crippen molar-refractivity contribution in [3.63, 3.8) is 0 Å². The molecule has 6 heteroatoms. The molecule has 0 unspecified atom stereocenters. The number of hydrogen-bond donors (Lipinski definition) is 0. The largest absolute Gasteiger partial charge is 0.497 e. The van der Waals surface area contributed by atoms with Crippen LogP contribution in [0.4, 0.5) is 0 Å². The van der Waals surface area contributed by atoms with Crippen LogP contribution in [-0.4, -0.2) is 53.4 Å². The van der Waals surface area contributed by atoms with E-state index in [0.717, 1.165) is 11.3 Å². The molecule has 0 bridgehead atoms. The molecule has 0 aliphatic carbocycles. The number of methoxy groups -OCH3 is 1. The van der Waals surface area contributed by atoms with Crippen molar-refractivity contribution in [3.05, 3.63) is 42.0 Å². The second-order valence-electron chi connectivity index (χ2n) is 5.37. The van der Waals surface area contributed by atoms with E-state index in [4.69, 9.17) is 4.74 Å². The van der Waals surface area contributed by atoms with Gasteiger partial charge in [0, 0.05) is 19.3 Å². The molecule has 124 valence electrons. The van der Waals surface area contributed by atoms with Crippen LogP contribution in [0.1, 0.15) is 12.5 Å². The first-order valence-corrected chi connectivity index (χ1v) is 8.61. The number of allylic oxidation sites excluding steroid dienone is 1. The first-order valence-electron chi connectivity index (χ1n) is 7.45. The first kappa shape index (κ1) is 17.4. The summed E-state index contributed by atoms with van der Waals surface area (Å²) in [7, 11) is 3.39. The van der Waals surface area contributed by atoms with Gasteiger partial charge in [-0.15, -0.1) is 11.8 Å². The molecule has 1 aromatic carbocycles. The topological polar surface area (TPSA) is 49.9 Å². The fourth-order valence-electron chi connectivity index (χ4n) is 2.48. The third kappa shape index (κ3) is 4.28. The number of thioether (sulfide) groups is 1. The Bertz CT molecular complexity index is 603. The minimum Gasteiger partial charge on any atom is -0.497 e. The van der Waals surface area contributed by atoms with Crippen LogP contribution >= 0.6 is 11.8 Å². The van der Waals surface area contributed by atoms with Crippen molar-refractivity contribution in [2.75, 3.05) is 25.8 Å². The third-order valence-electron chi connectivity index (χ3n) is 3.69. The number of amides is 2. The summed E-state index contributed by atoms with van der Waals surface area (Å²) in [6, 6.07) is 7.25. The average Bonchev–Trinajstić information content (AvgIpc) is 3.04. The molecule has 2 rings (SSSR count). The average molecular weight is 334 g/mol. The zero-order chi connectivity index (χ0) is 16.8. The molecule has 1 atom stereocenters. The summed E-state index contributed by atoms with van der Waals surface area (Å²) in [5, 5.41) is 0. The number of carbonyl (C=O) groups excluding carboxylic acids is 2. The summed E-state index contributed by atoms with van der Waals surface area (Å²) in [5.41, 5.74) is 0.997. The summed E-state index contributed by atoms with van der Waals surface area (Å²) in [6.45, 7) is 2.29. The molecular weight excluding hydrogens is 312 g/mol. The highest BCUT2D eigenvalue weighted by molar-refractivity contribution is 7.99. The quantitative estimate of drug-likeness (QED) is 0.774. The minimum atomic E-state index is -0.390. The van der Waals surface area contributed by atoms with E-state index in [2.05, 4.69) is 0 Å². The van der Waals surface area contributed by atoms with Crippen LogP contribution in [0.2, 0.25) is 0 Å². The predicted octanol–water partition coefficient (Wildman–Crippen LogP) is 2.13. The van der Waals surface area contributed by atoms with E-state index in [0.29, 0.717) is 18.2 Å². The van der Waals surface area contributed by atoms with Crippen molar-refractivity contribution in [3.8, 4) is 5.75 Å². The highest BCUT2D eigenvalue weighted by atomic mass is 32.2. The summed E-state index contributed by atoms with van der Waals surface area (Å²) >= 11 is 1.61. The van der Waals surface area contributed by atoms with E-state index >= 15 is 0 Å². The van der Waals surface area contributed by atoms with Crippen LogP contribution in [0.5, 0.6) is 5.75 Å². The Morgan fingerprint density at radius 2 is 2.26 bits per heavy atom. The van der Waals surface area contributed by atoms with E-state index in [9.17, 15) is 9.59 Å². The molecule has 0 N–H and O–H groups in total. The first-order chi connectivity index (χ1) is 11.1. The van der Waals surface area contributed by atoms with Gasteiger partial charge in [-0.1, -0.05) is 18.2 Å². The predicted molar refractivity (Wildman–Crippen MR) is 92.2 cm³/mol. The van der Waals surface area contributed by atoms with Crippen molar-refractivity contribution in [1.29, 1.82) is 0 Å². The van der Waals surface area contributed by atoms with Gasteiger partial charge in [0.25, 0.3) is 0 Å². The van der Waals surface area contributed by atoms with Gasteiger partial charge in [-0.2, -0.15) is 0 Å². The van der Waals surface area contributed by atoms with Crippen molar-refractivity contribution in [1.82, 2.24) is 9.80 Å². The number of ether oxygens (including phenoxy) is 1. The maximum atomic E-state index is 12.7. The van der Waals surface area contributed by atoms with Gasteiger partial charge in [0.15, 0.2) is 0 Å². The highest BCUT2D eigenvalue weighted by Crippen LogP contribution is 2.23. The lowest BCUT2D eigenvalue weighted by Gasteiger charge is -2.26. The molecule has 0 saturated carbocycles. The number of benzene rings is 1. The van der Waals surface area contributed by atoms with Crippen molar-refractivity contribution >= 4 is 23.6 Å². The normalized spacial score (nSPS) is 17.5.